The van der Waals surface area contributed by atoms with Gasteiger partial charge in [0.25, 0.3) is 0 Å². The first-order chi connectivity index (χ1) is 63.4. The molecular weight excluding hydrogens is 1740 g/mol. The van der Waals surface area contributed by atoms with Crippen molar-refractivity contribution in [1.29, 1.82) is 0 Å². The summed E-state index contributed by atoms with van der Waals surface area (Å²) in [6, 6.07) is -2.37. The number of nitrogens with one attached hydrogen (secondary N) is 11. The van der Waals surface area contributed by atoms with E-state index >= 15 is 0 Å². The highest BCUT2D eigenvalue weighted by Crippen LogP contribution is 2.51. The number of carbonyl (C=O) groups excluding carboxylic acids is 11. The Morgan fingerprint density at radius 1 is 0.439 bits per heavy atom. The molecule has 11 amide bonds. The number of unbranched alkanes of at least 4 members (excludes halogenated alkanes) is 10. The maximum atomic E-state index is 14.2. The molecule has 132 heavy (non-hydrogen) atoms. The van der Waals surface area contributed by atoms with Crippen LogP contribution in [0.5, 0.6) is 0 Å². The number of methoxy groups -OCH3 is 1. The molecule has 762 valence electrons. The molecule has 5 rings (SSSR count). The van der Waals surface area contributed by atoms with Crippen molar-refractivity contribution >= 4 is 72.8 Å². The number of aliphatic hydroxyl groups is 3. The number of hydrogen-bond donors (Lipinski definition) is 14. The molecule has 19 unspecified atom stereocenters. The summed E-state index contributed by atoms with van der Waals surface area (Å²) >= 11 is 0. The van der Waals surface area contributed by atoms with E-state index in [1.807, 2.05) is 46.4 Å². The summed E-state index contributed by atoms with van der Waals surface area (Å²) in [5, 5.41) is 64.6. The maximum Gasteiger partial charge on any atom is 0.474 e. The van der Waals surface area contributed by atoms with Gasteiger partial charge in [0.05, 0.1) is 102 Å². The van der Waals surface area contributed by atoms with Gasteiger partial charge in [0, 0.05) is 182 Å². The number of ether oxygens (including phenoxy) is 10. The van der Waals surface area contributed by atoms with Crippen molar-refractivity contribution in [2.45, 2.75) is 359 Å². The summed E-state index contributed by atoms with van der Waals surface area (Å²) in [5.41, 5.74) is -1.40. The molecule has 0 aromatic heterocycles. The van der Waals surface area contributed by atoms with Crippen LogP contribution in [0.3, 0.4) is 0 Å². The maximum absolute atomic E-state index is 14.2. The van der Waals surface area contributed by atoms with Crippen LogP contribution >= 0.6 is 7.82 Å². The third kappa shape index (κ3) is 45.8. The number of phosphoric ester groups is 1. The van der Waals surface area contributed by atoms with Crippen molar-refractivity contribution in [3.63, 3.8) is 0 Å². The molecule has 5 aliphatic heterocycles. The van der Waals surface area contributed by atoms with Crippen molar-refractivity contribution in [2.75, 3.05) is 139 Å². The topological polar surface area (TPSA) is 521 Å². The lowest BCUT2D eigenvalue weighted by atomic mass is 9.88. The van der Waals surface area contributed by atoms with E-state index in [2.05, 4.69) is 58.5 Å². The van der Waals surface area contributed by atoms with Crippen LogP contribution in [0, 0.1) is 17.8 Å². The largest absolute Gasteiger partial charge is 0.474 e. The molecule has 5 aliphatic rings. The third-order valence-corrected chi connectivity index (χ3v) is 26.0. The highest BCUT2D eigenvalue weighted by molar-refractivity contribution is 7.48. The highest BCUT2D eigenvalue weighted by atomic mass is 31.2. The molecule has 0 aliphatic carbocycles. The second kappa shape index (κ2) is 66.3. The summed E-state index contributed by atoms with van der Waals surface area (Å²) in [7, 11) is -0.952. The Balaban J connectivity index is 1.12. The van der Waals surface area contributed by atoms with Crippen LogP contribution in [-0.2, 0) is 118 Å². The Morgan fingerprint density at radius 2 is 0.780 bits per heavy atom. The van der Waals surface area contributed by atoms with Gasteiger partial charge in [0.1, 0.15) is 23.7 Å². The zero-order valence-corrected chi connectivity index (χ0v) is 81.6. The van der Waals surface area contributed by atoms with E-state index in [4.69, 9.17) is 60.9 Å². The molecule has 40 nitrogen and oxygen atoms in total. The second-order valence-electron chi connectivity index (χ2n) is 35.6. The molecule has 0 aromatic carbocycles. The Labute approximate surface area is 782 Å². The molecule has 19 atom stereocenters. The monoisotopic (exact) mass is 1910 g/mol. The smallest absolute Gasteiger partial charge is 0.390 e. The fourth-order valence-electron chi connectivity index (χ4n) is 16.9. The van der Waals surface area contributed by atoms with Gasteiger partial charge in [-0.25, -0.2) is 4.57 Å². The minimum Gasteiger partial charge on any atom is -0.390 e. The summed E-state index contributed by atoms with van der Waals surface area (Å²) in [4.78, 5) is 143. The first kappa shape index (κ1) is 116. The Morgan fingerprint density at radius 3 is 1.13 bits per heavy atom. The lowest BCUT2D eigenvalue weighted by molar-refractivity contribution is -0.249. The van der Waals surface area contributed by atoms with Crippen LogP contribution in [0.2, 0.25) is 0 Å². The van der Waals surface area contributed by atoms with Gasteiger partial charge < -0.3 is 126 Å². The van der Waals surface area contributed by atoms with Crippen molar-refractivity contribution < 1.29 is 134 Å². The van der Waals surface area contributed by atoms with Gasteiger partial charge in [0.15, 0.2) is 18.9 Å². The third-order valence-electron chi connectivity index (χ3n) is 24.5. The number of likely N-dealkylation sites (tertiary alicyclic amines) is 1. The van der Waals surface area contributed by atoms with Crippen LogP contribution in [-0.4, -0.2) is 322 Å². The molecule has 0 radical (unpaired) electrons. The lowest BCUT2D eigenvalue weighted by Gasteiger charge is -2.43. The average Bonchev–Trinajstić information content (AvgIpc) is 1.09. The van der Waals surface area contributed by atoms with E-state index < -0.39 is 68.7 Å². The van der Waals surface area contributed by atoms with Crippen LogP contribution in [0.15, 0.2) is 0 Å². The number of phosphoric acid groups is 1. The Kier molecular flexibility index (Phi) is 58.3. The average molecular weight is 1910 g/mol. The van der Waals surface area contributed by atoms with Crippen molar-refractivity contribution in [3.05, 3.63) is 0 Å². The first-order valence-electron chi connectivity index (χ1n) is 48.7. The molecule has 5 fully saturated rings. The van der Waals surface area contributed by atoms with Gasteiger partial charge in [-0.1, -0.05) is 80.1 Å². The number of amides is 11. The first-order valence-corrected chi connectivity index (χ1v) is 50.2. The van der Waals surface area contributed by atoms with Crippen LogP contribution in [0.25, 0.3) is 0 Å². The minimum absolute atomic E-state index is 0.0283. The SMILES string of the molecule is CCC1OC(OCCCCC(=O)NCCCNC(=O)CCOCC(COCCC(=O)NCCCNC(=O)CCCCOC2OC(CC)C(C)C(O)C2NC(C)=O)(COCCC(=O)NCCCNC(=O)CCCCOC2OC(CC)C(C)C(O)C2NC(C)=O)NC(=O)CCCCCCCCCCC(=O)N2CCCC2COP(=O)(OC)OC2CNC(COC)C2)C(NC(C)=O)C(O)C1C. The quantitative estimate of drug-likeness (QED) is 0.0295. The van der Waals surface area contributed by atoms with Crippen LogP contribution in [0.4, 0.5) is 0 Å². The standard InChI is InChI=1S/C91H165N12O28P/c1-12-71-62(4)85(115)82(99-65(7)104)88(128-71)124-49-26-23-34-74(107)92-42-30-45-95-77(110)39-52-121-59-91(60-122-53-40-78(111)96-46-31-43-93-75(108)35-24-27-50-125-89-83(100-66(8)105)86(116)63(5)72(13-2)129-89,61-123-54-41-79(112)97-47-32-44-94-76(109)36-25-28-51-126-90-84(101-67(9)106)87(117)64(6)73(14-3)130-90)102-80(113)37-21-19-17-15-16-18-20-22-38-81(114)103-48-29-33-69(103)58-127-132(118,120-11)131-70-55-68(57-119-10)98-56-70/h62-64,68-73,82-90,98,115-117H,12-61H2,1-11H3,(H,92,107)(H,93,108)(H,94,109)(H,95,110)(H,96,111)(H,97,112)(H,99,104)(H,100,105)(H,101,106)(H,102,113). The lowest BCUT2D eigenvalue weighted by Crippen LogP contribution is -2.61. The van der Waals surface area contributed by atoms with Crippen molar-refractivity contribution in [3.8, 4) is 0 Å². The van der Waals surface area contributed by atoms with E-state index in [0.29, 0.717) is 142 Å². The van der Waals surface area contributed by atoms with Gasteiger partial charge in [-0.2, -0.15) is 0 Å². The normalized spacial score (nSPS) is 25.7. The second-order valence-corrected chi connectivity index (χ2v) is 37.4. The van der Waals surface area contributed by atoms with Crippen molar-refractivity contribution in [1.82, 2.24) is 63.4 Å². The van der Waals surface area contributed by atoms with Gasteiger partial charge in [-0.15, -0.1) is 0 Å². The number of aliphatic hydroxyl groups excluding tert-OH is 3. The molecule has 5 heterocycles. The van der Waals surface area contributed by atoms with Gasteiger partial charge >= 0.3 is 7.82 Å². The summed E-state index contributed by atoms with van der Waals surface area (Å²) in [6.45, 7) is 18.6. The number of carbonyl (C=O) groups is 11. The minimum atomic E-state index is -3.86. The molecule has 0 saturated carbocycles. The van der Waals surface area contributed by atoms with Gasteiger partial charge in [-0.05, 0) is 109 Å². The van der Waals surface area contributed by atoms with E-state index in [1.54, 1.807) is 7.11 Å². The van der Waals surface area contributed by atoms with E-state index in [9.17, 15) is 72.6 Å². The van der Waals surface area contributed by atoms with E-state index in [1.165, 1.54) is 27.9 Å². The predicted molar refractivity (Wildman–Crippen MR) is 488 cm³/mol. The summed E-state index contributed by atoms with van der Waals surface area (Å²) in [5.74, 6) is -3.42. The summed E-state index contributed by atoms with van der Waals surface area (Å²) in [6.07, 6.45) is 9.74. The molecule has 0 aromatic rings. The Bertz CT molecular complexity index is 3160. The molecule has 14 N–H and O–H groups in total. The fourth-order valence-corrected chi connectivity index (χ4v) is 18.0. The van der Waals surface area contributed by atoms with Crippen LogP contribution < -0.4 is 58.5 Å². The summed E-state index contributed by atoms with van der Waals surface area (Å²) < 4.78 is 90.2. The number of rotatable bonds is 71. The fraction of sp³-hybridized carbons (Fsp3) is 0.879. The van der Waals surface area contributed by atoms with Crippen molar-refractivity contribution in [2.24, 2.45) is 17.8 Å². The number of hydrogen-bond acceptors (Lipinski definition) is 29. The molecule has 0 spiro atoms. The highest BCUT2D eigenvalue weighted by Gasteiger charge is 2.47. The molecule has 0 bridgehead atoms. The van der Waals surface area contributed by atoms with E-state index in [0.717, 1.165) is 51.4 Å². The molecule has 5 saturated heterocycles. The molecular formula is C91H165N12O28P. The van der Waals surface area contributed by atoms with E-state index in [-0.39, 0.29) is 250 Å². The predicted octanol–water partition coefficient (Wildman–Crippen LogP) is 4.46. The molecule has 41 heteroatoms. The zero-order chi connectivity index (χ0) is 96.6. The van der Waals surface area contributed by atoms with Gasteiger partial charge in [0.2, 0.25) is 65.0 Å². The number of nitrogens with zero attached hydrogens (tertiary/aromatic N) is 1. The zero-order valence-electron chi connectivity index (χ0n) is 80.7. The van der Waals surface area contributed by atoms with Crippen LogP contribution in [0.1, 0.15) is 261 Å². The Hall–Kier alpha value is -6.28. The van der Waals surface area contributed by atoms with Gasteiger partial charge in [-0.3, -0.25) is 66.3 Å².